The molecule has 1 fully saturated rings. The van der Waals surface area contributed by atoms with E-state index >= 15 is 0 Å². The summed E-state index contributed by atoms with van der Waals surface area (Å²) in [5.74, 6) is -3.07. The zero-order valence-electron chi connectivity index (χ0n) is 22.7. The summed E-state index contributed by atoms with van der Waals surface area (Å²) in [6.07, 6.45) is 4.72. The minimum Gasteiger partial charge on any atom is -0.480 e. The van der Waals surface area contributed by atoms with E-state index in [4.69, 9.17) is 11.5 Å². The molecule has 0 bridgehead atoms. The number of aliphatic carboxylic acids is 1. The van der Waals surface area contributed by atoms with Crippen molar-refractivity contribution in [2.24, 2.45) is 17.4 Å². The highest BCUT2D eigenvalue weighted by molar-refractivity contribution is 5.94. The first-order valence-electron chi connectivity index (χ1n) is 13.6. The van der Waals surface area contributed by atoms with Crippen LogP contribution in [0.2, 0.25) is 0 Å². The fourth-order valence-corrected chi connectivity index (χ4v) is 4.20. The maximum Gasteiger partial charge on any atom is 0.326 e. The number of nitrogens with two attached hydrogens (primary N) is 2. The molecule has 4 atom stereocenters. The lowest BCUT2D eigenvalue weighted by Gasteiger charge is -2.25. The lowest BCUT2D eigenvalue weighted by atomic mass is 10.0. The van der Waals surface area contributed by atoms with Crippen LogP contribution in [0, 0.1) is 5.92 Å². The summed E-state index contributed by atoms with van der Waals surface area (Å²) in [6, 6.07) is -3.36. The first kappa shape index (κ1) is 33.3. The smallest absolute Gasteiger partial charge is 0.326 e. The van der Waals surface area contributed by atoms with Crippen LogP contribution in [0.15, 0.2) is 0 Å². The molecule has 0 aromatic heterocycles. The summed E-state index contributed by atoms with van der Waals surface area (Å²) in [6.45, 7) is 5.09. The molecule has 1 aliphatic rings. The van der Waals surface area contributed by atoms with E-state index in [1.54, 1.807) is 0 Å². The predicted molar refractivity (Wildman–Crippen MR) is 143 cm³/mol. The molecule has 1 rings (SSSR count). The van der Waals surface area contributed by atoms with Crippen LogP contribution in [0.1, 0.15) is 71.6 Å². The predicted octanol–water partition coefficient (Wildman–Crippen LogP) is -1.30. The molecule has 0 radical (unpaired) electrons. The average molecular weight is 542 g/mol. The minimum atomic E-state index is -1.16. The summed E-state index contributed by atoms with van der Waals surface area (Å²) in [5.41, 5.74) is 11.0. The van der Waals surface area contributed by atoms with Crippen LogP contribution in [-0.2, 0) is 24.0 Å². The zero-order chi connectivity index (χ0) is 28.5. The molecule has 0 aromatic carbocycles. The van der Waals surface area contributed by atoms with Crippen molar-refractivity contribution in [1.82, 2.24) is 26.6 Å². The van der Waals surface area contributed by atoms with Gasteiger partial charge < -0.3 is 43.2 Å². The van der Waals surface area contributed by atoms with Gasteiger partial charge in [0.2, 0.25) is 23.6 Å². The van der Waals surface area contributed by atoms with E-state index in [0.29, 0.717) is 51.6 Å². The fraction of sp³-hybridized carbons (Fsp3) is 0.800. The van der Waals surface area contributed by atoms with Gasteiger partial charge in [0.15, 0.2) is 0 Å². The lowest BCUT2D eigenvalue weighted by molar-refractivity contribution is -0.142. The Labute approximate surface area is 225 Å². The molecule has 13 nitrogen and oxygen atoms in total. The highest BCUT2D eigenvalue weighted by Gasteiger charge is 2.30. The average Bonchev–Trinajstić information content (AvgIpc) is 3.40. The van der Waals surface area contributed by atoms with Gasteiger partial charge in [0.25, 0.3) is 0 Å². The van der Waals surface area contributed by atoms with Crippen LogP contribution in [0.4, 0.5) is 0 Å². The summed E-state index contributed by atoms with van der Waals surface area (Å²) < 4.78 is 0. The molecule has 13 heteroatoms. The summed E-state index contributed by atoms with van der Waals surface area (Å²) >= 11 is 0. The summed E-state index contributed by atoms with van der Waals surface area (Å²) in [5, 5.41) is 23.0. The number of rotatable bonds is 19. The van der Waals surface area contributed by atoms with Gasteiger partial charge in [0.1, 0.15) is 18.1 Å². The van der Waals surface area contributed by atoms with Crippen molar-refractivity contribution in [3.05, 3.63) is 0 Å². The Balaban J connectivity index is 2.83. The zero-order valence-corrected chi connectivity index (χ0v) is 22.7. The van der Waals surface area contributed by atoms with Gasteiger partial charge in [-0.3, -0.25) is 19.2 Å². The van der Waals surface area contributed by atoms with E-state index in [1.165, 1.54) is 0 Å². The van der Waals surface area contributed by atoms with Gasteiger partial charge in [-0.05, 0) is 83.3 Å². The van der Waals surface area contributed by atoms with Crippen molar-refractivity contribution < 1.29 is 29.1 Å². The van der Waals surface area contributed by atoms with Crippen LogP contribution in [0.5, 0.6) is 0 Å². The van der Waals surface area contributed by atoms with E-state index in [9.17, 15) is 29.1 Å². The number of hydrogen-bond donors (Lipinski definition) is 8. The van der Waals surface area contributed by atoms with E-state index in [-0.39, 0.29) is 37.3 Å². The van der Waals surface area contributed by atoms with Crippen LogP contribution < -0.4 is 38.1 Å². The lowest BCUT2D eigenvalue weighted by Crippen LogP contribution is -2.56. The third-order valence-corrected chi connectivity index (χ3v) is 6.30. The molecule has 218 valence electrons. The van der Waals surface area contributed by atoms with Gasteiger partial charge in [-0.25, -0.2) is 4.79 Å². The second-order valence-electron chi connectivity index (χ2n) is 10.1. The Morgan fingerprint density at radius 3 is 1.97 bits per heavy atom. The molecule has 1 heterocycles. The Morgan fingerprint density at radius 2 is 1.45 bits per heavy atom. The van der Waals surface area contributed by atoms with Gasteiger partial charge in [-0.2, -0.15) is 0 Å². The maximum atomic E-state index is 13.2. The SMILES string of the molecule is CC(C)C[C@H](NC(=O)CNC(=O)[C@@H]1CCCN1)C(=O)N[C@@H](CCCCN)C(=O)N[C@@H](CCCCN)C(=O)O. The number of carboxylic acid groups (broad SMARTS) is 1. The number of amides is 4. The molecule has 0 spiro atoms. The number of unbranched alkanes of at least 4 members (excludes halogenated alkanes) is 2. The van der Waals surface area contributed by atoms with Crippen molar-refractivity contribution in [3.8, 4) is 0 Å². The molecular weight excluding hydrogens is 494 g/mol. The van der Waals surface area contributed by atoms with Gasteiger partial charge in [-0.15, -0.1) is 0 Å². The van der Waals surface area contributed by atoms with Crippen molar-refractivity contribution in [2.75, 3.05) is 26.2 Å². The van der Waals surface area contributed by atoms with Crippen LogP contribution in [0.25, 0.3) is 0 Å². The van der Waals surface area contributed by atoms with Crippen molar-refractivity contribution >= 4 is 29.6 Å². The highest BCUT2D eigenvalue weighted by Crippen LogP contribution is 2.09. The molecule has 10 N–H and O–H groups in total. The Bertz CT molecular complexity index is 773. The quantitative estimate of drug-likeness (QED) is 0.0910. The van der Waals surface area contributed by atoms with E-state index < -0.39 is 41.8 Å². The topological polar surface area (TPSA) is 218 Å². The number of carbonyl (C=O) groups is 5. The van der Waals surface area contributed by atoms with Crippen LogP contribution >= 0.6 is 0 Å². The molecule has 0 unspecified atom stereocenters. The molecule has 1 saturated heterocycles. The molecular formula is C25H47N7O6. The first-order valence-corrected chi connectivity index (χ1v) is 13.6. The van der Waals surface area contributed by atoms with E-state index in [1.807, 2.05) is 13.8 Å². The monoisotopic (exact) mass is 541 g/mol. The van der Waals surface area contributed by atoms with Crippen LogP contribution in [-0.4, -0.2) is 85.1 Å². The van der Waals surface area contributed by atoms with E-state index in [0.717, 1.165) is 13.0 Å². The van der Waals surface area contributed by atoms with Gasteiger partial charge >= 0.3 is 5.97 Å². The summed E-state index contributed by atoms with van der Waals surface area (Å²) in [4.78, 5) is 62.6. The Morgan fingerprint density at radius 1 is 0.868 bits per heavy atom. The summed E-state index contributed by atoms with van der Waals surface area (Å²) in [7, 11) is 0. The molecule has 4 amide bonds. The molecule has 0 saturated carbocycles. The van der Waals surface area contributed by atoms with Crippen molar-refractivity contribution in [1.29, 1.82) is 0 Å². The number of carboxylic acids is 1. The largest absolute Gasteiger partial charge is 0.480 e. The normalized spacial score (nSPS) is 17.3. The maximum absolute atomic E-state index is 13.2. The van der Waals surface area contributed by atoms with Crippen molar-refractivity contribution in [2.45, 2.75) is 95.8 Å². The minimum absolute atomic E-state index is 0.0479. The highest BCUT2D eigenvalue weighted by atomic mass is 16.4. The second-order valence-corrected chi connectivity index (χ2v) is 10.1. The van der Waals surface area contributed by atoms with Crippen molar-refractivity contribution in [3.63, 3.8) is 0 Å². The Kier molecular flexibility index (Phi) is 16.2. The Hall–Kier alpha value is -2.77. The molecule has 0 aromatic rings. The number of carbonyl (C=O) groups excluding carboxylic acids is 4. The third kappa shape index (κ3) is 13.2. The van der Waals surface area contributed by atoms with Gasteiger partial charge in [-0.1, -0.05) is 13.8 Å². The first-order chi connectivity index (χ1) is 18.1. The van der Waals surface area contributed by atoms with Gasteiger partial charge in [0.05, 0.1) is 12.6 Å². The fourth-order valence-electron chi connectivity index (χ4n) is 4.20. The second kappa shape index (κ2) is 18.5. The van der Waals surface area contributed by atoms with Gasteiger partial charge in [0, 0.05) is 0 Å². The molecule has 1 aliphatic heterocycles. The molecule has 0 aliphatic carbocycles. The van der Waals surface area contributed by atoms with Crippen LogP contribution in [0.3, 0.4) is 0 Å². The standard InChI is InChI=1S/C25H47N7O6/c1-16(2)14-20(30-21(33)15-29-22(34)17-10-7-13-28-17)24(36)31-18(8-3-5-11-26)23(35)32-19(25(37)38)9-4-6-12-27/h16-20,28H,3-15,26-27H2,1-2H3,(H,29,34)(H,30,33)(H,31,36)(H,32,35)(H,37,38)/t17-,18-,19-,20-/m0/s1. The molecule has 38 heavy (non-hydrogen) atoms. The van der Waals surface area contributed by atoms with E-state index in [2.05, 4.69) is 26.6 Å². The third-order valence-electron chi connectivity index (χ3n) is 6.30. The number of nitrogens with one attached hydrogen (secondary N) is 5. The number of hydrogen-bond acceptors (Lipinski definition) is 8.